The summed E-state index contributed by atoms with van der Waals surface area (Å²) in [5.74, 6) is -0.856. The van der Waals surface area contributed by atoms with Gasteiger partial charge in [0.15, 0.2) is 0 Å². The molecule has 5 atom stereocenters. The fourth-order valence-corrected chi connectivity index (χ4v) is 5.49. The third-order valence-electron chi connectivity index (χ3n) is 7.26. The Hall–Kier alpha value is -2.85. The molecule has 2 bridgehead atoms. The van der Waals surface area contributed by atoms with Crippen LogP contribution in [0, 0.1) is 11.3 Å². The fraction of sp³-hybridized carbons (Fsp3) is 0.609. The molecule has 3 saturated heterocycles. The zero-order valence-electron chi connectivity index (χ0n) is 19.3. The molecule has 0 saturated carbocycles. The summed E-state index contributed by atoms with van der Waals surface area (Å²) in [5.41, 5.74) is 2.96. The number of nitriles is 1. The summed E-state index contributed by atoms with van der Waals surface area (Å²) in [6, 6.07) is 0.0348. The molecule has 13 heteroatoms. The first-order chi connectivity index (χ1) is 16.7. The molecule has 4 rings (SSSR count). The van der Waals surface area contributed by atoms with E-state index in [0.29, 0.717) is 44.4 Å². The first-order valence-corrected chi connectivity index (χ1v) is 11.6. The maximum atomic E-state index is 13.3. The van der Waals surface area contributed by atoms with Crippen LogP contribution in [0.15, 0.2) is 18.2 Å². The topological polar surface area (TPSA) is 93.7 Å². The molecule has 3 aliphatic heterocycles. The van der Waals surface area contributed by atoms with Crippen LogP contribution in [0.2, 0.25) is 0 Å². The number of likely N-dealkylation sites (tertiary alicyclic amines) is 2. The van der Waals surface area contributed by atoms with Gasteiger partial charge >= 0.3 is 12.4 Å². The van der Waals surface area contributed by atoms with Crippen molar-refractivity contribution in [2.24, 2.45) is 5.73 Å². The minimum atomic E-state index is -5.00. The number of hydrogen-bond acceptors (Lipinski definition) is 5. The van der Waals surface area contributed by atoms with Crippen molar-refractivity contribution in [3.05, 3.63) is 34.9 Å². The maximum Gasteiger partial charge on any atom is 0.416 e. The van der Waals surface area contributed by atoms with Gasteiger partial charge in [0, 0.05) is 13.1 Å². The number of halogens is 6. The minimum absolute atomic E-state index is 0.0197. The van der Waals surface area contributed by atoms with E-state index in [-0.39, 0.29) is 18.2 Å². The molecular formula is C23H25F6N5O2. The molecule has 0 spiro atoms. The highest BCUT2D eigenvalue weighted by atomic mass is 19.4. The molecule has 7 nitrogen and oxygen atoms in total. The van der Waals surface area contributed by atoms with Gasteiger partial charge in [-0.2, -0.15) is 31.6 Å². The maximum absolute atomic E-state index is 13.3. The molecule has 0 radical (unpaired) electrons. The molecule has 3 heterocycles. The number of carbonyl (C=O) groups excluding carboxylic acids is 2. The van der Waals surface area contributed by atoms with E-state index in [1.807, 2.05) is 0 Å². The average molecular weight is 517 g/mol. The molecule has 1 aromatic carbocycles. The summed E-state index contributed by atoms with van der Waals surface area (Å²) in [5, 5.41) is 9.24. The molecule has 2 unspecified atom stereocenters. The Balaban J connectivity index is 1.57. The number of benzene rings is 1. The number of carbonyl (C=O) groups is 2. The van der Waals surface area contributed by atoms with E-state index in [0.717, 1.165) is 0 Å². The smallest absolute Gasteiger partial charge is 0.325 e. The van der Waals surface area contributed by atoms with E-state index in [2.05, 4.69) is 6.07 Å². The largest absolute Gasteiger partial charge is 0.416 e. The van der Waals surface area contributed by atoms with Crippen LogP contribution < -0.4 is 5.73 Å². The molecule has 0 aromatic heterocycles. The molecule has 2 amide bonds. The Kier molecular flexibility index (Phi) is 6.72. The molecule has 3 aliphatic rings. The number of piperidine rings is 1. The first-order valence-electron chi connectivity index (χ1n) is 11.6. The van der Waals surface area contributed by atoms with Gasteiger partial charge in [-0.05, 0) is 56.4 Å². The van der Waals surface area contributed by atoms with Crippen LogP contribution in [0.4, 0.5) is 26.3 Å². The van der Waals surface area contributed by atoms with Gasteiger partial charge < -0.3 is 15.5 Å². The molecule has 36 heavy (non-hydrogen) atoms. The fourth-order valence-electron chi connectivity index (χ4n) is 5.49. The van der Waals surface area contributed by atoms with Crippen LogP contribution in [0.5, 0.6) is 0 Å². The van der Waals surface area contributed by atoms with Crippen molar-refractivity contribution in [1.29, 1.82) is 5.26 Å². The van der Waals surface area contributed by atoms with Crippen LogP contribution >= 0.6 is 0 Å². The van der Waals surface area contributed by atoms with Crippen molar-refractivity contribution in [3.63, 3.8) is 0 Å². The molecule has 3 fully saturated rings. The van der Waals surface area contributed by atoms with Gasteiger partial charge in [-0.15, -0.1) is 0 Å². The average Bonchev–Trinajstić information content (AvgIpc) is 3.50. The Labute approximate surface area is 203 Å². The monoisotopic (exact) mass is 517 g/mol. The second-order valence-corrected chi connectivity index (χ2v) is 9.46. The van der Waals surface area contributed by atoms with Gasteiger partial charge in [0.25, 0.3) is 0 Å². The zero-order valence-corrected chi connectivity index (χ0v) is 19.3. The highest BCUT2D eigenvalue weighted by Gasteiger charge is 2.53. The zero-order chi connectivity index (χ0) is 26.6. The Morgan fingerprint density at radius 1 is 1.11 bits per heavy atom. The van der Waals surface area contributed by atoms with Crippen molar-refractivity contribution in [2.75, 3.05) is 13.1 Å². The lowest BCUT2D eigenvalue weighted by Gasteiger charge is -2.34. The van der Waals surface area contributed by atoms with E-state index in [1.54, 1.807) is 4.90 Å². The van der Waals surface area contributed by atoms with Crippen LogP contribution in [0.3, 0.4) is 0 Å². The number of nitrogens with two attached hydrogens (primary N) is 1. The molecule has 0 aliphatic carbocycles. The summed E-state index contributed by atoms with van der Waals surface area (Å²) >= 11 is 0. The summed E-state index contributed by atoms with van der Waals surface area (Å²) in [6.07, 6.45) is -8.52. The Bertz CT molecular complexity index is 1050. The second kappa shape index (κ2) is 9.23. The van der Waals surface area contributed by atoms with Crippen LogP contribution in [0.1, 0.15) is 55.3 Å². The summed E-state index contributed by atoms with van der Waals surface area (Å²) in [6.45, 7) is 1.77. The predicted molar refractivity (Wildman–Crippen MR) is 114 cm³/mol. The van der Waals surface area contributed by atoms with E-state index in [1.165, 1.54) is 16.7 Å². The van der Waals surface area contributed by atoms with Crippen LogP contribution in [-0.2, 0) is 21.9 Å². The van der Waals surface area contributed by atoms with Gasteiger partial charge in [-0.1, -0.05) is 0 Å². The molecular weight excluding hydrogens is 492 g/mol. The molecule has 196 valence electrons. The summed E-state index contributed by atoms with van der Waals surface area (Å²) in [7, 11) is 0. The van der Waals surface area contributed by atoms with E-state index >= 15 is 0 Å². The van der Waals surface area contributed by atoms with Crippen molar-refractivity contribution >= 4 is 11.8 Å². The van der Waals surface area contributed by atoms with Gasteiger partial charge in [0.05, 0.1) is 41.5 Å². The van der Waals surface area contributed by atoms with Crippen molar-refractivity contribution in [2.45, 2.75) is 75.3 Å². The van der Waals surface area contributed by atoms with Crippen molar-refractivity contribution in [1.82, 2.24) is 14.7 Å². The molecule has 1 aromatic rings. The number of nitrogens with zero attached hydrogens (tertiary/aromatic N) is 4. The number of hydrogen-bond donors (Lipinski definition) is 1. The second-order valence-electron chi connectivity index (χ2n) is 9.46. The van der Waals surface area contributed by atoms with E-state index in [9.17, 15) is 41.2 Å². The lowest BCUT2D eigenvalue weighted by atomic mass is 9.97. The predicted octanol–water partition coefficient (Wildman–Crippen LogP) is 3.26. The number of rotatable bonds is 5. The number of fused-ring (bicyclic) bond motifs is 2. The summed E-state index contributed by atoms with van der Waals surface area (Å²) < 4.78 is 80.0. The number of amides is 2. The van der Waals surface area contributed by atoms with Crippen LogP contribution in [-0.4, -0.2) is 63.9 Å². The van der Waals surface area contributed by atoms with Gasteiger partial charge in [0.2, 0.25) is 11.8 Å². The highest BCUT2D eigenvalue weighted by molar-refractivity contribution is 5.87. The highest BCUT2D eigenvalue weighted by Crippen LogP contribution is 2.43. The minimum Gasteiger partial charge on any atom is -0.325 e. The standard InChI is InChI=1S/C23H25F6N5O2/c1-12(13-7-14(22(24,25)26)9-15(8-13)23(27,28)29)34-19-5-4-18(21(34)36)33(19)11-17(31)20(35)32-6-2-3-16(32)10-30/h7-9,12,16-19H,2-6,11,31H2,1H3/t12-,16?,17-,18-,19?/m0/s1. The molecule has 2 N–H and O–H groups in total. The van der Waals surface area contributed by atoms with E-state index < -0.39 is 65.6 Å². The quantitative estimate of drug-likeness (QED) is 0.606. The SMILES string of the molecule is C[C@@H](c1cc(C(F)(F)F)cc(C(F)(F)F)c1)N1C(=O)[C@@H]2CCC1N2C[C@H](N)C(=O)N1CCCC1C#N. The number of alkyl halides is 6. The normalized spacial score (nSPS) is 26.4. The Morgan fingerprint density at radius 3 is 2.28 bits per heavy atom. The van der Waals surface area contributed by atoms with Crippen molar-refractivity contribution in [3.8, 4) is 6.07 Å². The summed E-state index contributed by atoms with van der Waals surface area (Å²) in [4.78, 5) is 30.3. The Morgan fingerprint density at radius 2 is 1.72 bits per heavy atom. The van der Waals surface area contributed by atoms with Gasteiger partial charge in [0.1, 0.15) is 6.04 Å². The van der Waals surface area contributed by atoms with E-state index in [4.69, 9.17) is 5.73 Å². The first kappa shape index (κ1) is 26.2. The van der Waals surface area contributed by atoms with Gasteiger partial charge in [-0.3, -0.25) is 14.5 Å². The lowest BCUT2D eigenvalue weighted by Crippen LogP contribution is -2.52. The van der Waals surface area contributed by atoms with Gasteiger partial charge in [-0.25, -0.2) is 0 Å². The van der Waals surface area contributed by atoms with Crippen LogP contribution in [0.25, 0.3) is 0 Å². The third kappa shape index (κ3) is 4.64. The van der Waals surface area contributed by atoms with Crippen molar-refractivity contribution < 1.29 is 35.9 Å². The lowest BCUT2D eigenvalue weighted by molar-refractivity contribution is -0.143. The third-order valence-corrected chi connectivity index (χ3v) is 7.26.